The summed E-state index contributed by atoms with van der Waals surface area (Å²) >= 11 is 0. The van der Waals surface area contributed by atoms with E-state index in [0.29, 0.717) is 19.5 Å². The SMILES string of the molecule is C[C@H]1CCC[C@H](C)N1C(=O)N(CCO)CCCO. The van der Waals surface area contributed by atoms with Crippen LogP contribution in [0, 0.1) is 0 Å². The van der Waals surface area contributed by atoms with Crippen LogP contribution in [0.3, 0.4) is 0 Å². The van der Waals surface area contributed by atoms with Crippen LogP contribution in [0.4, 0.5) is 4.79 Å². The molecule has 5 heteroatoms. The average molecular weight is 258 g/mol. The first kappa shape index (κ1) is 15.2. The molecular weight excluding hydrogens is 232 g/mol. The molecule has 18 heavy (non-hydrogen) atoms. The van der Waals surface area contributed by atoms with Crippen molar-refractivity contribution in [2.45, 2.75) is 51.6 Å². The molecule has 1 fully saturated rings. The number of hydrogen-bond acceptors (Lipinski definition) is 3. The lowest BCUT2D eigenvalue weighted by Gasteiger charge is -2.41. The Labute approximate surface area is 109 Å². The third kappa shape index (κ3) is 3.85. The molecule has 2 atom stereocenters. The van der Waals surface area contributed by atoms with Crippen LogP contribution in [0.1, 0.15) is 39.5 Å². The summed E-state index contributed by atoms with van der Waals surface area (Å²) < 4.78 is 0. The van der Waals surface area contributed by atoms with Crippen molar-refractivity contribution in [3.63, 3.8) is 0 Å². The van der Waals surface area contributed by atoms with Crippen molar-refractivity contribution in [2.24, 2.45) is 0 Å². The van der Waals surface area contributed by atoms with Gasteiger partial charge in [0.1, 0.15) is 0 Å². The highest BCUT2D eigenvalue weighted by atomic mass is 16.3. The van der Waals surface area contributed by atoms with E-state index in [-0.39, 0.29) is 31.3 Å². The van der Waals surface area contributed by atoms with Gasteiger partial charge in [-0.2, -0.15) is 0 Å². The van der Waals surface area contributed by atoms with Crippen molar-refractivity contribution in [1.29, 1.82) is 0 Å². The zero-order chi connectivity index (χ0) is 13.5. The highest BCUT2D eigenvalue weighted by Crippen LogP contribution is 2.23. The Bertz CT molecular complexity index is 251. The van der Waals surface area contributed by atoms with Crippen LogP contribution in [0.15, 0.2) is 0 Å². The molecule has 106 valence electrons. The van der Waals surface area contributed by atoms with Gasteiger partial charge in [-0.1, -0.05) is 0 Å². The maximum absolute atomic E-state index is 12.5. The summed E-state index contributed by atoms with van der Waals surface area (Å²) in [5, 5.41) is 17.9. The lowest BCUT2D eigenvalue weighted by Crippen LogP contribution is -2.53. The van der Waals surface area contributed by atoms with Gasteiger partial charge in [-0.05, 0) is 39.5 Å². The first-order chi connectivity index (χ1) is 8.61. The monoisotopic (exact) mass is 258 g/mol. The number of hydrogen-bond donors (Lipinski definition) is 2. The molecule has 0 aromatic heterocycles. The highest BCUT2D eigenvalue weighted by Gasteiger charge is 2.31. The third-order valence-corrected chi connectivity index (χ3v) is 3.64. The molecule has 2 N–H and O–H groups in total. The highest BCUT2D eigenvalue weighted by molar-refractivity contribution is 5.75. The zero-order valence-corrected chi connectivity index (χ0v) is 11.5. The van der Waals surface area contributed by atoms with Crippen molar-refractivity contribution in [3.8, 4) is 0 Å². The number of urea groups is 1. The Kier molecular flexibility index (Phi) is 6.43. The van der Waals surface area contributed by atoms with Crippen molar-refractivity contribution < 1.29 is 15.0 Å². The molecule has 5 nitrogen and oxygen atoms in total. The Morgan fingerprint density at radius 3 is 2.28 bits per heavy atom. The van der Waals surface area contributed by atoms with Crippen LogP contribution >= 0.6 is 0 Å². The second-order valence-electron chi connectivity index (χ2n) is 5.11. The maximum Gasteiger partial charge on any atom is 0.320 e. The summed E-state index contributed by atoms with van der Waals surface area (Å²) in [6.45, 7) is 5.04. The molecule has 0 saturated carbocycles. The number of likely N-dealkylation sites (tertiary alicyclic amines) is 1. The van der Waals surface area contributed by atoms with Crippen LogP contribution in [-0.2, 0) is 0 Å². The molecule has 1 aliphatic rings. The van der Waals surface area contributed by atoms with E-state index >= 15 is 0 Å². The summed E-state index contributed by atoms with van der Waals surface area (Å²) in [6, 6.07) is 0.519. The number of rotatable bonds is 5. The Morgan fingerprint density at radius 1 is 1.17 bits per heavy atom. The largest absolute Gasteiger partial charge is 0.396 e. The molecule has 1 aliphatic heterocycles. The van der Waals surface area contributed by atoms with E-state index in [1.807, 2.05) is 4.90 Å². The van der Waals surface area contributed by atoms with E-state index < -0.39 is 0 Å². The van der Waals surface area contributed by atoms with Crippen molar-refractivity contribution in [2.75, 3.05) is 26.3 Å². The summed E-state index contributed by atoms with van der Waals surface area (Å²) in [7, 11) is 0. The van der Waals surface area contributed by atoms with E-state index in [2.05, 4.69) is 13.8 Å². The normalized spacial score (nSPS) is 24.1. The topological polar surface area (TPSA) is 64.0 Å². The number of amides is 2. The Morgan fingerprint density at radius 2 is 1.78 bits per heavy atom. The van der Waals surface area contributed by atoms with E-state index in [1.54, 1.807) is 4.90 Å². The van der Waals surface area contributed by atoms with Gasteiger partial charge >= 0.3 is 6.03 Å². The quantitative estimate of drug-likeness (QED) is 0.774. The molecule has 0 aliphatic carbocycles. The first-order valence-electron chi connectivity index (χ1n) is 6.90. The number of aliphatic hydroxyl groups is 2. The minimum atomic E-state index is -0.0340. The molecule has 0 aromatic rings. The minimum Gasteiger partial charge on any atom is -0.396 e. The number of aliphatic hydroxyl groups excluding tert-OH is 2. The standard InChI is InChI=1S/C13H26N2O3/c1-11-5-3-6-12(2)15(11)13(18)14(8-10-17)7-4-9-16/h11-12,16-17H,3-10H2,1-2H3/t11-,12-/m0/s1. The van der Waals surface area contributed by atoms with Crippen LogP contribution < -0.4 is 0 Å². The van der Waals surface area contributed by atoms with E-state index in [4.69, 9.17) is 10.2 Å². The number of carbonyl (C=O) groups is 1. The van der Waals surface area contributed by atoms with Gasteiger partial charge < -0.3 is 20.0 Å². The van der Waals surface area contributed by atoms with Crippen molar-refractivity contribution in [3.05, 3.63) is 0 Å². The summed E-state index contributed by atoms with van der Waals surface area (Å²) in [5.41, 5.74) is 0. The van der Waals surface area contributed by atoms with Gasteiger partial charge in [0, 0.05) is 31.8 Å². The third-order valence-electron chi connectivity index (χ3n) is 3.64. The fourth-order valence-corrected chi connectivity index (χ4v) is 2.65. The second kappa shape index (κ2) is 7.59. The van der Waals surface area contributed by atoms with Gasteiger partial charge in [-0.15, -0.1) is 0 Å². The van der Waals surface area contributed by atoms with Crippen molar-refractivity contribution >= 4 is 6.03 Å². The fraction of sp³-hybridized carbons (Fsp3) is 0.923. The summed E-state index contributed by atoms with van der Waals surface area (Å²) in [5.74, 6) is 0. The number of carbonyl (C=O) groups excluding carboxylic acids is 1. The Balaban J connectivity index is 2.67. The number of nitrogens with zero attached hydrogens (tertiary/aromatic N) is 2. The van der Waals surface area contributed by atoms with Gasteiger partial charge in [-0.25, -0.2) is 4.79 Å². The molecule has 1 rings (SSSR count). The summed E-state index contributed by atoms with van der Waals surface area (Å²) in [6.07, 6.45) is 3.82. The molecule has 1 saturated heterocycles. The van der Waals surface area contributed by atoms with Crippen LogP contribution in [0.2, 0.25) is 0 Å². The van der Waals surface area contributed by atoms with Gasteiger partial charge in [-0.3, -0.25) is 0 Å². The first-order valence-corrected chi connectivity index (χ1v) is 6.90. The van der Waals surface area contributed by atoms with E-state index in [1.165, 1.54) is 6.42 Å². The predicted octanol–water partition coefficient (Wildman–Crippen LogP) is 1.05. The van der Waals surface area contributed by atoms with Gasteiger partial charge in [0.25, 0.3) is 0 Å². The molecule has 0 aromatic carbocycles. The molecule has 1 heterocycles. The van der Waals surface area contributed by atoms with Crippen LogP contribution in [0.5, 0.6) is 0 Å². The summed E-state index contributed by atoms with van der Waals surface area (Å²) in [4.78, 5) is 16.0. The molecular formula is C13H26N2O3. The van der Waals surface area contributed by atoms with E-state index in [9.17, 15) is 4.79 Å². The average Bonchev–Trinajstić information content (AvgIpc) is 2.34. The second-order valence-corrected chi connectivity index (χ2v) is 5.11. The number of piperidine rings is 1. The van der Waals surface area contributed by atoms with Crippen LogP contribution in [0.25, 0.3) is 0 Å². The maximum atomic E-state index is 12.5. The smallest absolute Gasteiger partial charge is 0.320 e. The lowest BCUT2D eigenvalue weighted by atomic mass is 9.98. The zero-order valence-electron chi connectivity index (χ0n) is 11.5. The molecule has 0 unspecified atom stereocenters. The molecule has 0 spiro atoms. The molecule has 0 radical (unpaired) electrons. The van der Waals surface area contributed by atoms with Crippen molar-refractivity contribution in [1.82, 2.24) is 9.80 Å². The minimum absolute atomic E-state index is 0.00259. The molecule has 0 bridgehead atoms. The molecule has 2 amide bonds. The Hall–Kier alpha value is -0.810. The lowest BCUT2D eigenvalue weighted by molar-refractivity contribution is 0.0844. The fourth-order valence-electron chi connectivity index (χ4n) is 2.65. The predicted molar refractivity (Wildman–Crippen MR) is 70.4 cm³/mol. The van der Waals surface area contributed by atoms with Gasteiger partial charge in [0.05, 0.1) is 6.61 Å². The van der Waals surface area contributed by atoms with Gasteiger partial charge in [0.2, 0.25) is 0 Å². The van der Waals surface area contributed by atoms with Gasteiger partial charge in [0.15, 0.2) is 0 Å². The van der Waals surface area contributed by atoms with Crippen LogP contribution in [-0.4, -0.2) is 64.4 Å². The van der Waals surface area contributed by atoms with E-state index in [0.717, 1.165) is 12.8 Å².